The van der Waals surface area contributed by atoms with Gasteiger partial charge in [0, 0.05) is 22.6 Å². The predicted molar refractivity (Wildman–Crippen MR) is 64.9 cm³/mol. The van der Waals surface area contributed by atoms with Gasteiger partial charge < -0.3 is 4.42 Å². The number of nitriles is 1. The lowest BCUT2D eigenvalue weighted by atomic mass is 10.0. The van der Waals surface area contributed by atoms with Gasteiger partial charge in [-0.1, -0.05) is 25.1 Å². The van der Waals surface area contributed by atoms with Gasteiger partial charge in [0.25, 0.3) is 0 Å². The largest absolute Gasteiger partial charge is 0.456 e. The number of benzene rings is 1. The van der Waals surface area contributed by atoms with Crippen molar-refractivity contribution in [3.63, 3.8) is 0 Å². The molecular formula is C14H13NO. The van der Waals surface area contributed by atoms with Gasteiger partial charge in [-0.25, -0.2) is 0 Å². The minimum Gasteiger partial charge on any atom is -0.456 e. The fourth-order valence-corrected chi connectivity index (χ4v) is 1.93. The number of rotatable bonds is 2. The maximum absolute atomic E-state index is 8.67. The second-order valence-electron chi connectivity index (χ2n) is 3.72. The molecule has 0 amide bonds. The highest BCUT2D eigenvalue weighted by atomic mass is 16.3. The summed E-state index contributed by atoms with van der Waals surface area (Å²) >= 11 is 0. The Labute approximate surface area is 94.8 Å². The van der Waals surface area contributed by atoms with Crippen molar-refractivity contribution in [2.45, 2.75) is 20.3 Å². The third-order valence-electron chi connectivity index (χ3n) is 2.69. The predicted octanol–water partition coefficient (Wildman–Crippen LogP) is 3.92. The van der Waals surface area contributed by atoms with Crippen molar-refractivity contribution < 1.29 is 4.42 Å². The summed E-state index contributed by atoms with van der Waals surface area (Å²) in [4.78, 5) is 0. The average molecular weight is 211 g/mol. The lowest BCUT2D eigenvalue weighted by molar-refractivity contribution is 0.594. The summed E-state index contributed by atoms with van der Waals surface area (Å²) in [6.45, 7) is 4.00. The maximum atomic E-state index is 8.67. The van der Waals surface area contributed by atoms with Gasteiger partial charge in [0.05, 0.1) is 6.07 Å². The van der Waals surface area contributed by atoms with Crippen LogP contribution in [0.5, 0.6) is 0 Å². The minimum absolute atomic E-state index is 0.838. The number of aryl methyl sites for hydroxylation is 1. The number of nitrogens with zero attached hydrogens (tertiary/aromatic N) is 1. The van der Waals surface area contributed by atoms with Crippen LogP contribution in [0, 0.1) is 11.3 Å². The first kappa shape index (κ1) is 10.5. The number of allylic oxidation sites excluding steroid dienone is 2. The van der Waals surface area contributed by atoms with Crippen molar-refractivity contribution in [2.75, 3.05) is 0 Å². The molecule has 0 bridgehead atoms. The van der Waals surface area contributed by atoms with Crippen LogP contribution in [0.4, 0.5) is 0 Å². The fraction of sp³-hybridized carbons (Fsp3) is 0.214. The van der Waals surface area contributed by atoms with Crippen LogP contribution < -0.4 is 0 Å². The highest BCUT2D eigenvalue weighted by molar-refractivity contribution is 5.86. The van der Waals surface area contributed by atoms with E-state index in [1.165, 1.54) is 11.6 Å². The van der Waals surface area contributed by atoms with Crippen LogP contribution in [0.3, 0.4) is 0 Å². The molecule has 2 rings (SSSR count). The summed E-state index contributed by atoms with van der Waals surface area (Å²) in [7, 11) is 0. The Morgan fingerprint density at radius 2 is 2.19 bits per heavy atom. The molecule has 0 saturated heterocycles. The van der Waals surface area contributed by atoms with Crippen molar-refractivity contribution in [1.29, 1.82) is 5.26 Å². The van der Waals surface area contributed by atoms with Gasteiger partial charge in [-0.3, -0.25) is 0 Å². The summed E-state index contributed by atoms with van der Waals surface area (Å²) < 4.78 is 5.78. The molecule has 2 nitrogen and oxygen atoms in total. The molecule has 0 aliphatic rings. The molecule has 0 saturated carbocycles. The minimum atomic E-state index is 0.838. The molecule has 1 heterocycles. The van der Waals surface area contributed by atoms with Crippen LogP contribution in [0.1, 0.15) is 25.2 Å². The Kier molecular flexibility index (Phi) is 2.78. The smallest absolute Gasteiger partial charge is 0.135 e. The van der Waals surface area contributed by atoms with Gasteiger partial charge in [-0.2, -0.15) is 5.26 Å². The number of fused-ring (bicyclic) bond motifs is 1. The van der Waals surface area contributed by atoms with Crippen LogP contribution in [-0.4, -0.2) is 0 Å². The van der Waals surface area contributed by atoms with Crippen molar-refractivity contribution in [3.8, 4) is 6.07 Å². The van der Waals surface area contributed by atoms with E-state index in [9.17, 15) is 0 Å². The van der Waals surface area contributed by atoms with E-state index in [1.807, 2.05) is 31.2 Å². The molecule has 0 radical (unpaired) electrons. The van der Waals surface area contributed by atoms with Crippen LogP contribution >= 0.6 is 0 Å². The van der Waals surface area contributed by atoms with Crippen LogP contribution in [0.15, 0.2) is 34.8 Å². The molecule has 16 heavy (non-hydrogen) atoms. The monoisotopic (exact) mass is 211 g/mol. The first-order chi connectivity index (χ1) is 7.77. The van der Waals surface area contributed by atoms with Gasteiger partial charge in [0.2, 0.25) is 0 Å². The van der Waals surface area contributed by atoms with E-state index in [0.717, 1.165) is 28.7 Å². The second-order valence-corrected chi connectivity index (χ2v) is 3.72. The van der Waals surface area contributed by atoms with Gasteiger partial charge in [-0.15, -0.1) is 0 Å². The molecule has 0 N–H and O–H groups in total. The van der Waals surface area contributed by atoms with Crippen LogP contribution in [0.25, 0.3) is 16.5 Å². The van der Waals surface area contributed by atoms with E-state index < -0.39 is 0 Å². The number of hydrogen-bond acceptors (Lipinski definition) is 2. The molecule has 80 valence electrons. The van der Waals surface area contributed by atoms with E-state index in [2.05, 4.69) is 13.0 Å². The Balaban J connectivity index is 2.71. The highest BCUT2D eigenvalue weighted by Gasteiger charge is 2.13. The summed E-state index contributed by atoms with van der Waals surface area (Å²) in [5, 5.41) is 9.81. The summed E-state index contributed by atoms with van der Waals surface area (Å²) in [5.41, 5.74) is 2.95. The average Bonchev–Trinajstić information content (AvgIpc) is 2.67. The molecule has 0 aliphatic heterocycles. The molecular weight excluding hydrogens is 198 g/mol. The van der Waals surface area contributed by atoms with E-state index in [-0.39, 0.29) is 0 Å². The van der Waals surface area contributed by atoms with Crippen molar-refractivity contribution in [3.05, 3.63) is 41.7 Å². The van der Waals surface area contributed by atoms with Gasteiger partial charge in [0.15, 0.2) is 0 Å². The van der Waals surface area contributed by atoms with Crippen LogP contribution in [-0.2, 0) is 6.42 Å². The highest BCUT2D eigenvalue weighted by Crippen LogP contribution is 2.30. The molecule has 0 fully saturated rings. The topological polar surface area (TPSA) is 36.9 Å². The number of furan rings is 1. The molecule has 1 aromatic heterocycles. The van der Waals surface area contributed by atoms with E-state index >= 15 is 0 Å². The Morgan fingerprint density at radius 1 is 1.44 bits per heavy atom. The zero-order chi connectivity index (χ0) is 11.5. The lowest BCUT2D eigenvalue weighted by Gasteiger charge is -1.98. The van der Waals surface area contributed by atoms with Crippen molar-refractivity contribution in [1.82, 2.24) is 0 Å². The summed E-state index contributed by atoms with van der Waals surface area (Å²) in [6.07, 6.45) is 2.43. The molecule has 0 atom stereocenters. The third-order valence-corrected chi connectivity index (χ3v) is 2.69. The Morgan fingerprint density at radius 3 is 2.88 bits per heavy atom. The molecule has 2 heteroatoms. The van der Waals surface area contributed by atoms with E-state index in [0.29, 0.717) is 0 Å². The maximum Gasteiger partial charge on any atom is 0.135 e. The second kappa shape index (κ2) is 4.24. The van der Waals surface area contributed by atoms with Crippen molar-refractivity contribution in [2.24, 2.45) is 0 Å². The fourth-order valence-electron chi connectivity index (χ4n) is 1.93. The number of hydrogen-bond donors (Lipinski definition) is 0. The Hall–Kier alpha value is -2.01. The molecule has 0 aliphatic carbocycles. The first-order valence-corrected chi connectivity index (χ1v) is 5.35. The zero-order valence-electron chi connectivity index (χ0n) is 9.45. The first-order valence-electron chi connectivity index (χ1n) is 5.35. The summed E-state index contributed by atoms with van der Waals surface area (Å²) in [5.74, 6) is 0.838. The number of para-hydroxylation sites is 1. The SMILES string of the molecule is CCc1c(C(C)=CC#N)oc2ccccc12. The molecule has 2 aromatic rings. The third kappa shape index (κ3) is 1.61. The standard InChI is InChI=1S/C14H13NO/c1-3-11-12-6-4-5-7-13(12)16-14(11)10(2)8-9-15/h4-8H,3H2,1-2H3. The van der Waals surface area contributed by atoms with Gasteiger partial charge in [0.1, 0.15) is 11.3 Å². The quantitative estimate of drug-likeness (QED) is 0.706. The van der Waals surface area contributed by atoms with Crippen molar-refractivity contribution >= 4 is 16.5 Å². The Bertz CT molecular complexity index is 584. The molecule has 1 aromatic carbocycles. The summed E-state index contributed by atoms with van der Waals surface area (Å²) in [6, 6.07) is 10.0. The zero-order valence-corrected chi connectivity index (χ0v) is 9.45. The van der Waals surface area contributed by atoms with Gasteiger partial charge in [-0.05, 0) is 19.4 Å². The molecule has 0 unspecified atom stereocenters. The lowest BCUT2D eigenvalue weighted by Crippen LogP contribution is -1.84. The van der Waals surface area contributed by atoms with Gasteiger partial charge >= 0.3 is 0 Å². The normalized spacial score (nSPS) is 11.7. The van der Waals surface area contributed by atoms with E-state index in [4.69, 9.17) is 9.68 Å². The van der Waals surface area contributed by atoms with Crippen LogP contribution in [0.2, 0.25) is 0 Å². The van der Waals surface area contributed by atoms with E-state index in [1.54, 1.807) is 0 Å². The molecule has 0 spiro atoms.